The van der Waals surface area contributed by atoms with Crippen LogP contribution in [0.1, 0.15) is 39.1 Å². The Kier molecular flexibility index (Phi) is 7.16. The van der Waals surface area contributed by atoms with E-state index < -0.39 is 15.8 Å². The lowest BCUT2D eigenvalue weighted by Gasteiger charge is -2.32. The fraction of sp³-hybridized carbons (Fsp3) is 0.231. The third-order valence-electron chi connectivity index (χ3n) is 6.02. The summed E-state index contributed by atoms with van der Waals surface area (Å²) in [5.74, 6) is -0.767. The van der Waals surface area contributed by atoms with Gasteiger partial charge >= 0.3 is 0 Å². The van der Waals surface area contributed by atoms with Crippen LogP contribution in [-0.2, 0) is 10.0 Å². The van der Waals surface area contributed by atoms with Crippen LogP contribution in [0.2, 0.25) is 0 Å². The number of hydrogen-bond donors (Lipinski definition) is 2. The first kappa shape index (κ1) is 24.4. The Morgan fingerprint density at radius 3 is 2.17 bits per heavy atom. The van der Waals surface area contributed by atoms with Crippen LogP contribution in [0.15, 0.2) is 77.7 Å². The summed E-state index contributed by atoms with van der Waals surface area (Å²) in [4.78, 5) is 27.2. The minimum atomic E-state index is -3.88. The minimum absolute atomic E-state index is 0.00370. The smallest absolute Gasteiger partial charge is 0.261 e. The van der Waals surface area contributed by atoms with E-state index in [1.54, 1.807) is 11.0 Å². The molecule has 3 aromatic carbocycles. The number of aryl methyl sites for hydroxylation is 1. The second kappa shape index (κ2) is 10.3. The van der Waals surface area contributed by atoms with Crippen molar-refractivity contribution in [3.05, 3.63) is 95.3 Å². The number of nitrogens with zero attached hydrogens (tertiary/aromatic N) is 1. The van der Waals surface area contributed by atoms with Gasteiger partial charge in [-0.1, -0.05) is 18.2 Å². The van der Waals surface area contributed by atoms with Gasteiger partial charge in [0.05, 0.1) is 4.90 Å². The second-order valence-electron chi connectivity index (χ2n) is 8.49. The lowest BCUT2D eigenvalue weighted by molar-refractivity contribution is 0.0698. The molecule has 182 valence electrons. The highest BCUT2D eigenvalue weighted by Crippen LogP contribution is 2.19. The normalized spacial score (nSPS) is 14.4. The van der Waals surface area contributed by atoms with Crippen molar-refractivity contribution >= 4 is 27.5 Å². The molecule has 1 fully saturated rings. The number of benzene rings is 3. The molecule has 1 aliphatic heterocycles. The van der Waals surface area contributed by atoms with E-state index in [4.69, 9.17) is 0 Å². The zero-order valence-electron chi connectivity index (χ0n) is 19.2. The van der Waals surface area contributed by atoms with Crippen molar-refractivity contribution in [3.63, 3.8) is 0 Å². The van der Waals surface area contributed by atoms with Gasteiger partial charge in [-0.15, -0.1) is 0 Å². The fourth-order valence-electron chi connectivity index (χ4n) is 4.01. The molecule has 0 bridgehead atoms. The maximum atomic E-state index is 13.0. The van der Waals surface area contributed by atoms with E-state index >= 15 is 0 Å². The Morgan fingerprint density at radius 1 is 0.914 bits per heavy atom. The summed E-state index contributed by atoms with van der Waals surface area (Å²) in [7, 11) is -3.88. The summed E-state index contributed by atoms with van der Waals surface area (Å²) < 4.78 is 40.6. The number of anilines is 1. The van der Waals surface area contributed by atoms with E-state index in [9.17, 15) is 22.4 Å². The molecule has 0 saturated carbocycles. The fourth-order valence-corrected chi connectivity index (χ4v) is 5.07. The van der Waals surface area contributed by atoms with E-state index in [0.717, 1.165) is 17.7 Å². The molecule has 4 rings (SSSR count). The van der Waals surface area contributed by atoms with Gasteiger partial charge in [-0.2, -0.15) is 0 Å². The molecule has 0 radical (unpaired) electrons. The molecule has 2 amide bonds. The number of likely N-dealkylation sites (tertiary alicyclic amines) is 1. The molecule has 35 heavy (non-hydrogen) atoms. The maximum absolute atomic E-state index is 13.0. The first-order chi connectivity index (χ1) is 16.7. The van der Waals surface area contributed by atoms with Gasteiger partial charge in [-0.25, -0.2) is 12.8 Å². The number of halogens is 1. The quantitative estimate of drug-likeness (QED) is 0.541. The van der Waals surface area contributed by atoms with E-state index in [1.165, 1.54) is 36.4 Å². The molecule has 1 heterocycles. The van der Waals surface area contributed by atoms with Crippen LogP contribution in [0.3, 0.4) is 0 Å². The van der Waals surface area contributed by atoms with Crippen molar-refractivity contribution in [3.8, 4) is 0 Å². The van der Waals surface area contributed by atoms with Crippen LogP contribution >= 0.6 is 0 Å². The highest BCUT2D eigenvalue weighted by atomic mass is 32.2. The Balaban J connectivity index is 1.33. The third kappa shape index (κ3) is 5.86. The van der Waals surface area contributed by atoms with E-state index in [1.807, 2.05) is 25.1 Å². The first-order valence-electron chi connectivity index (χ1n) is 11.3. The summed E-state index contributed by atoms with van der Waals surface area (Å²) in [6.07, 6.45) is 1.27. The minimum Gasteiger partial charge on any atom is -0.349 e. The SMILES string of the molecule is Cc1ccccc1C(=O)NC1CCN(C(=O)c2ccc(S(=O)(=O)Nc3ccc(F)cc3)cc2)CC1. The Hall–Kier alpha value is -3.72. The molecule has 1 aliphatic rings. The van der Waals surface area contributed by atoms with Crippen molar-refractivity contribution in [2.45, 2.75) is 30.7 Å². The predicted octanol–water partition coefficient (Wildman–Crippen LogP) is 3.97. The summed E-state index contributed by atoms with van der Waals surface area (Å²) in [6.45, 7) is 2.87. The highest BCUT2D eigenvalue weighted by Gasteiger charge is 2.25. The molecular weight excluding hydrogens is 469 g/mol. The Morgan fingerprint density at radius 2 is 1.54 bits per heavy atom. The average molecular weight is 496 g/mol. The number of rotatable bonds is 6. The summed E-state index contributed by atoms with van der Waals surface area (Å²) >= 11 is 0. The molecule has 0 aromatic heterocycles. The van der Waals surface area contributed by atoms with Gasteiger partial charge in [-0.3, -0.25) is 14.3 Å². The lowest BCUT2D eigenvalue weighted by Crippen LogP contribution is -2.46. The number of sulfonamides is 1. The lowest BCUT2D eigenvalue weighted by atomic mass is 10.0. The van der Waals surface area contributed by atoms with Crippen molar-refractivity contribution in [1.82, 2.24) is 10.2 Å². The van der Waals surface area contributed by atoms with E-state index in [-0.39, 0.29) is 28.4 Å². The number of amides is 2. The molecule has 0 unspecified atom stereocenters. The molecule has 9 heteroatoms. The van der Waals surface area contributed by atoms with Gasteiger partial charge < -0.3 is 10.2 Å². The summed E-state index contributed by atoms with van der Waals surface area (Å²) in [5.41, 5.74) is 2.18. The van der Waals surface area contributed by atoms with Crippen molar-refractivity contribution < 1.29 is 22.4 Å². The number of piperidine rings is 1. The monoisotopic (exact) mass is 495 g/mol. The maximum Gasteiger partial charge on any atom is 0.261 e. The first-order valence-corrected chi connectivity index (χ1v) is 12.8. The third-order valence-corrected chi connectivity index (χ3v) is 7.41. The number of carbonyl (C=O) groups excluding carboxylic acids is 2. The van der Waals surface area contributed by atoms with Crippen molar-refractivity contribution in [2.24, 2.45) is 0 Å². The van der Waals surface area contributed by atoms with Crippen molar-refractivity contribution in [1.29, 1.82) is 0 Å². The standard InChI is InChI=1S/C26H26FN3O4S/c1-18-4-2-3-5-24(18)25(31)28-21-14-16-30(17-15-21)26(32)19-6-12-23(13-7-19)35(33,34)29-22-10-8-20(27)9-11-22/h2-13,21,29H,14-17H2,1H3,(H,28,31). The van der Waals surface area contributed by atoms with Crippen LogP contribution in [0.4, 0.5) is 10.1 Å². The average Bonchev–Trinajstić information content (AvgIpc) is 2.86. The topological polar surface area (TPSA) is 95.6 Å². The van der Waals surface area contributed by atoms with Crippen LogP contribution in [0.5, 0.6) is 0 Å². The van der Waals surface area contributed by atoms with Crippen LogP contribution in [0, 0.1) is 12.7 Å². The van der Waals surface area contributed by atoms with Gasteiger partial charge in [-0.05, 0) is 79.9 Å². The molecular formula is C26H26FN3O4S. The molecule has 0 spiro atoms. The van der Waals surface area contributed by atoms with Crippen LogP contribution in [-0.4, -0.2) is 44.3 Å². The molecule has 0 aliphatic carbocycles. The molecule has 1 saturated heterocycles. The molecule has 2 N–H and O–H groups in total. The Bertz CT molecular complexity index is 1320. The zero-order valence-corrected chi connectivity index (χ0v) is 20.0. The zero-order chi connectivity index (χ0) is 25.0. The molecule has 7 nitrogen and oxygen atoms in total. The van der Waals surface area contributed by atoms with Gasteiger partial charge in [0.1, 0.15) is 5.82 Å². The predicted molar refractivity (Wildman–Crippen MR) is 131 cm³/mol. The second-order valence-corrected chi connectivity index (χ2v) is 10.2. The molecule has 3 aromatic rings. The summed E-state index contributed by atoms with van der Waals surface area (Å²) in [5, 5.41) is 3.05. The van der Waals surface area contributed by atoms with E-state index in [0.29, 0.717) is 37.1 Å². The Labute approximate surface area is 204 Å². The number of carbonyl (C=O) groups is 2. The van der Waals surface area contributed by atoms with Gasteiger partial charge in [0, 0.05) is 35.9 Å². The largest absolute Gasteiger partial charge is 0.349 e. The molecule has 0 atom stereocenters. The summed E-state index contributed by atoms with van der Waals surface area (Å²) in [6, 6.07) is 18.1. The van der Waals surface area contributed by atoms with E-state index in [2.05, 4.69) is 10.0 Å². The number of nitrogens with one attached hydrogen (secondary N) is 2. The number of hydrogen-bond acceptors (Lipinski definition) is 4. The van der Waals surface area contributed by atoms with Crippen LogP contribution in [0.25, 0.3) is 0 Å². The van der Waals surface area contributed by atoms with Gasteiger partial charge in [0.2, 0.25) is 0 Å². The highest BCUT2D eigenvalue weighted by molar-refractivity contribution is 7.92. The van der Waals surface area contributed by atoms with Crippen molar-refractivity contribution in [2.75, 3.05) is 17.8 Å². The van der Waals surface area contributed by atoms with Gasteiger partial charge in [0.15, 0.2) is 0 Å². The van der Waals surface area contributed by atoms with Gasteiger partial charge in [0.25, 0.3) is 21.8 Å². The van der Waals surface area contributed by atoms with Crippen LogP contribution < -0.4 is 10.0 Å².